The number of hydrogen-bond acceptors (Lipinski definition) is 1. The Morgan fingerprint density at radius 1 is 0.313 bits per heavy atom. The van der Waals surface area contributed by atoms with Gasteiger partial charge in [0, 0.05) is 22.4 Å². The van der Waals surface area contributed by atoms with Gasteiger partial charge < -0.3 is 4.90 Å². The molecule has 67 heavy (non-hydrogen) atoms. The van der Waals surface area contributed by atoms with E-state index in [1.165, 1.54) is 111 Å². The third kappa shape index (κ3) is 7.02. The zero-order valence-corrected chi connectivity index (χ0v) is 38.3. The van der Waals surface area contributed by atoms with Crippen molar-refractivity contribution >= 4 is 17.1 Å². The van der Waals surface area contributed by atoms with Crippen LogP contribution < -0.4 is 4.90 Å². The molecule has 0 bridgehead atoms. The lowest BCUT2D eigenvalue weighted by atomic mass is 9.82. The fourth-order valence-electron chi connectivity index (χ4n) is 11.2. The average Bonchev–Trinajstić information content (AvgIpc) is 3.61. The van der Waals surface area contributed by atoms with E-state index in [0.717, 1.165) is 24.2 Å². The quantitative estimate of drug-likeness (QED) is 0.161. The fourth-order valence-corrected chi connectivity index (χ4v) is 11.2. The smallest absolute Gasteiger partial charge is 0.0569 e. The number of hydrogen-bond donors (Lipinski definition) is 0. The lowest BCUT2D eigenvalue weighted by Gasteiger charge is -2.32. The van der Waals surface area contributed by atoms with Crippen LogP contribution in [-0.2, 0) is 18.3 Å². The number of benzene rings is 10. The standard InChI is InChI=1S/C66H51N/c1-44-40-51(47-32-30-46(31-33-47)45-18-6-4-7-19-45)41-61(48-20-8-5-9-21-48)65(44)67(53-37-39-60-59-28-16-17-29-63(59)66(2,3)64(60)43-53)52-36-38-58-57-27-15-14-26-56(57)54-24-12-10-22-49(54)34-35-50-23-11-13-25-55(50)62(58)42-52/h4-33,36-43H,34-35H2,1-3H3. The summed E-state index contributed by atoms with van der Waals surface area (Å²) in [5.74, 6) is 0. The number of fused-ring (bicyclic) bond motifs is 10. The normalized spacial score (nSPS) is 13.0. The van der Waals surface area contributed by atoms with Gasteiger partial charge in [-0.25, -0.2) is 0 Å². The highest BCUT2D eigenvalue weighted by Crippen LogP contribution is 2.53. The van der Waals surface area contributed by atoms with Crippen LogP contribution in [0.2, 0.25) is 0 Å². The summed E-state index contributed by atoms with van der Waals surface area (Å²) in [6.45, 7) is 7.07. The number of anilines is 3. The molecule has 2 aliphatic carbocycles. The van der Waals surface area contributed by atoms with Gasteiger partial charge in [-0.15, -0.1) is 0 Å². The van der Waals surface area contributed by atoms with Gasteiger partial charge in [0.1, 0.15) is 0 Å². The van der Waals surface area contributed by atoms with Crippen molar-refractivity contribution in [1.82, 2.24) is 0 Å². The van der Waals surface area contributed by atoms with Crippen molar-refractivity contribution in [2.24, 2.45) is 0 Å². The Kier molecular flexibility index (Phi) is 9.95. The molecule has 0 amide bonds. The van der Waals surface area contributed by atoms with Crippen LogP contribution in [0.15, 0.2) is 231 Å². The molecule has 0 radical (unpaired) electrons. The van der Waals surface area contributed by atoms with E-state index in [-0.39, 0.29) is 5.41 Å². The maximum absolute atomic E-state index is 2.56. The predicted molar refractivity (Wildman–Crippen MR) is 283 cm³/mol. The SMILES string of the molecule is Cc1cc(-c2ccc(-c3ccccc3)cc2)cc(-c2ccccc2)c1N(c1ccc2c(c1)-c1ccccc1CCc1ccccc1-c1ccccc1-2)c1ccc2c(c1)C(C)(C)c1ccccc1-2. The van der Waals surface area contributed by atoms with Gasteiger partial charge >= 0.3 is 0 Å². The first-order valence-corrected chi connectivity index (χ1v) is 23.7. The van der Waals surface area contributed by atoms with E-state index in [9.17, 15) is 0 Å². The first-order chi connectivity index (χ1) is 32.9. The van der Waals surface area contributed by atoms with Gasteiger partial charge in [0.2, 0.25) is 0 Å². The first kappa shape index (κ1) is 40.5. The molecule has 12 rings (SSSR count). The molecule has 0 unspecified atom stereocenters. The maximum Gasteiger partial charge on any atom is 0.0569 e. The second-order valence-corrected chi connectivity index (χ2v) is 18.8. The van der Waals surface area contributed by atoms with E-state index in [0.29, 0.717) is 0 Å². The minimum Gasteiger partial charge on any atom is -0.310 e. The van der Waals surface area contributed by atoms with Crippen LogP contribution in [0.4, 0.5) is 17.1 Å². The minimum absolute atomic E-state index is 0.164. The average molecular weight is 858 g/mol. The zero-order chi connectivity index (χ0) is 45.1. The van der Waals surface area contributed by atoms with Crippen LogP contribution in [0.25, 0.3) is 77.9 Å². The van der Waals surface area contributed by atoms with Crippen molar-refractivity contribution in [2.75, 3.05) is 4.90 Å². The third-order valence-electron chi connectivity index (χ3n) is 14.5. The van der Waals surface area contributed by atoms with Gasteiger partial charge in [-0.05, 0) is 156 Å². The monoisotopic (exact) mass is 857 g/mol. The Labute approximate surface area is 395 Å². The summed E-state index contributed by atoms with van der Waals surface area (Å²) < 4.78 is 0. The van der Waals surface area contributed by atoms with Gasteiger partial charge in [0.25, 0.3) is 0 Å². The molecule has 1 heteroatoms. The highest BCUT2D eigenvalue weighted by atomic mass is 15.1. The largest absolute Gasteiger partial charge is 0.310 e. The maximum atomic E-state index is 2.56. The van der Waals surface area contributed by atoms with Gasteiger partial charge in [-0.1, -0.05) is 208 Å². The molecule has 0 fully saturated rings. The first-order valence-electron chi connectivity index (χ1n) is 23.7. The van der Waals surface area contributed by atoms with Gasteiger partial charge in [-0.3, -0.25) is 0 Å². The van der Waals surface area contributed by atoms with Crippen LogP contribution in [0.5, 0.6) is 0 Å². The lowest BCUT2D eigenvalue weighted by Crippen LogP contribution is -2.17. The molecule has 1 nitrogen and oxygen atoms in total. The Morgan fingerprint density at radius 2 is 0.761 bits per heavy atom. The molecular weight excluding hydrogens is 807 g/mol. The van der Waals surface area contributed by atoms with E-state index in [1.54, 1.807) is 0 Å². The van der Waals surface area contributed by atoms with Gasteiger partial charge in [0.15, 0.2) is 0 Å². The predicted octanol–water partition coefficient (Wildman–Crippen LogP) is 17.9. The lowest BCUT2D eigenvalue weighted by molar-refractivity contribution is 0.660. The van der Waals surface area contributed by atoms with Crippen molar-refractivity contribution in [1.29, 1.82) is 0 Å². The summed E-state index contributed by atoms with van der Waals surface area (Å²) in [5, 5.41) is 0. The van der Waals surface area contributed by atoms with Crippen LogP contribution in [0, 0.1) is 6.92 Å². The molecule has 0 heterocycles. The van der Waals surface area contributed by atoms with Crippen molar-refractivity contribution in [3.8, 4) is 77.9 Å². The van der Waals surface area contributed by atoms with E-state index >= 15 is 0 Å². The number of aryl methyl sites for hydroxylation is 3. The molecule has 0 atom stereocenters. The van der Waals surface area contributed by atoms with Crippen molar-refractivity contribution < 1.29 is 0 Å². The summed E-state index contributed by atoms with van der Waals surface area (Å²) in [6.07, 6.45) is 1.92. The number of rotatable bonds is 6. The molecule has 0 saturated carbocycles. The van der Waals surface area contributed by atoms with Crippen LogP contribution in [0.3, 0.4) is 0 Å². The summed E-state index contributed by atoms with van der Waals surface area (Å²) in [7, 11) is 0. The van der Waals surface area contributed by atoms with Crippen LogP contribution in [-0.4, -0.2) is 0 Å². The highest BCUT2D eigenvalue weighted by Gasteiger charge is 2.36. The van der Waals surface area contributed by atoms with E-state index in [4.69, 9.17) is 0 Å². The molecule has 320 valence electrons. The second kappa shape index (κ2) is 16.5. The van der Waals surface area contributed by atoms with E-state index in [2.05, 4.69) is 256 Å². The van der Waals surface area contributed by atoms with Crippen LogP contribution in [0.1, 0.15) is 41.7 Å². The summed E-state index contributed by atoms with van der Waals surface area (Å²) in [4.78, 5) is 2.56. The minimum atomic E-state index is -0.164. The van der Waals surface area contributed by atoms with Crippen LogP contribution >= 0.6 is 0 Å². The van der Waals surface area contributed by atoms with Gasteiger partial charge in [-0.2, -0.15) is 0 Å². The van der Waals surface area contributed by atoms with E-state index < -0.39 is 0 Å². The Morgan fingerprint density at radius 3 is 1.42 bits per heavy atom. The molecule has 10 aromatic carbocycles. The molecular formula is C66H51N. The summed E-state index contributed by atoms with van der Waals surface area (Å²) in [5.41, 5.74) is 27.4. The van der Waals surface area contributed by atoms with Crippen molar-refractivity contribution in [2.45, 2.75) is 39.0 Å². The number of nitrogens with zero attached hydrogens (tertiary/aromatic N) is 1. The second-order valence-electron chi connectivity index (χ2n) is 18.8. The fraction of sp³-hybridized carbons (Fsp3) is 0.0909. The molecule has 0 saturated heterocycles. The van der Waals surface area contributed by atoms with Crippen molar-refractivity contribution in [3.63, 3.8) is 0 Å². The molecule has 2 aliphatic rings. The molecule has 0 aliphatic heterocycles. The van der Waals surface area contributed by atoms with Gasteiger partial charge in [0.05, 0.1) is 5.69 Å². The topological polar surface area (TPSA) is 3.24 Å². The third-order valence-corrected chi connectivity index (χ3v) is 14.5. The van der Waals surface area contributed by atoms with Crippen molar-refractivity contribution in [3.05, 3.63) is 258 Å². The Hall–Kier alpha value is -8.00. The molecule has 0 spiro atoms. The Bertz CT molecular complexity index is 3490. The molecule has 0 N–H and O–H groups in total. The Balaban J connectivity index is 1.11. The summed E-state index contributed by atoms with van der Waals surface area (Å²) in [6, 6.07) is 86.0. The van der Waals surface area contributed by atoms with E-state index in [1.807, 2.05) is 0 Å². The zero-order valence-electron chi connectivity index (χ0n) is 38.3. The summed E-state index contributed by atoms with van der Waals surface area (Å²) >= 11 is 0. The highest BCUT2D eigenvalue weighted by molar-refractivity contribution is 5.99. The molecule has 0 aromatic heterocycles. The molecule has 10 aromatic rings.